The number of hydrogen-bond donors (Lipinski definition) is 0. The van der Waals surface area contributed by atoms with E-state index in [1.165, 1.54) is 93.7 Å². The second-order valence-electron chi connectivity index (χ2n) is 12.7. The molecule has 4 atom stereocenters. The van der Waals surface area contributed by atoms with E-state index in [9.17, 15) is 0 Å². The zero-order valence-corrected chi connectivity index (χ0v) is 26.1. The Bertz CT molecular complexity index is 673. The van der Waals surface area contributed by atoms with E-state index in [-0.39, 0.29) is 11.0 Å². The van der Waals surface area contributed by atoms with Gasteiger partial charge in [-0.1, -0.05) is 0 Å². The van der Waals surface area contributed by atoms with E-state index in [1.54, 1.807) is 18.9 Å². The van der Waals surface area contributed by atoms with E-state index in [4.69, 9.17) is 4.74 Å². The van der Waals surface area contributed by atoms with Gasteiger partial charge in [0.05, 0.1) is 0 Å². The molecule has 0 heterocycles. The number of allylic oxidation sites excluding steroid dienone is 2. The molecular weight excluding hydrogens is 507 g/mol. The molecule has 0 amide bonds. The molecule has 3 saturated carbocycles. The normalized spacial score (nSPS) is 35.6. The van der Waals surface area contributed by atoms with E-state index >= 15 is 0 Å². The van der Waals surface area contributed by atoms with Gasteiger partial charge in [0.2, 0.25) is 0 Å². The van der Waals surface area contributed by atoms with Crippen LogP contribution in [-0.4, -0.2) is 28.6 Å². The van der Waals surface area contributed by atoms with Crippen LogP contribution in [0.5, 0.6) is 0 Å². The fourth-order valence-corrected chi connectivity index (χ4v) is 22.6. The summed E-state index contributed by atoms with van der Waals surface area (Å²) in [6.45, 7) is 19.3. The molecule has 0 N–H and O–H groups in total. The number of ether oxygens (including phenoxy) is 1. The van der Waals surface area contributed by atoms with E-state index in [1.807, 2.05) is 0 Å². The Kier molecular flexibility index (Phi) is 9.72. The number of unbranched alkanes of at least 4 members (excludes halogenated alkanes) is 3. The molecule has 3 aliphatic carbocycles. The molecule has 0 aromatic heterocycles. The van der Waals surface area contributed by atoms with Crippen LogP contribution >= 0.6 is 0 Å². The number of fused-ring (bicyclic) bond motifs is 3. The van der Waals surface area contributed by atoms with E-state index in [2.05, 4.69) is 54.2 Å². The second-order valence-corrected chi connectivity index (χ2v) is 26.3. The molecule has 0 unspecified atom stereocenters. The van der Waals surface area contributed by atoms with Gasteiger partial charge in [0, 0.05) is 0 Å². The summed E-state index contributed by atoms with van der Waals surface area (Å²) < 4.78 is 13.6. The van der Waals surface area contributed by atoms with E-state index in [0.717, 1.165) is 0 Å². The van der Waals surface area contributed by atoms with Crippen LogP contribution in [0.25, 0.3) is 0 Å². The van der Waals surface area contributed by atoms with Gasteiger partial charge in [-0.25, -0.2) is 0 Å². The third kappa shape index (κ3) is 5.07. The summed E-state index contributed by atoms with van der Waals surface area (Å²) in [7, 11) is 0. The summed E-state index contributed by atoms with van der Waals surface area (Å²) in [4.78, 5) is 0. The predicted octanol–water partition coefficient (Wildman–Crippen LogP) is 10.0. The van der Waals surface area contributed by atoms with Crippen LogP contribution in [0, 0.1) is 16.7 Å². The molecule has 3 fully saturated rings. The van der Waals surface area contributed by atoms with Crippen LogP contribution in [0.15, 0.2) is 23.8 Å². The number of hydrogen-bond acceptors (Lipinski definition) is 1. The van der Waals surface area contributed by atoms with Gasteiger partial charge < -0.3 is 0 Å². The van der Waals surface area contributed by atoms with Crippen LogP contribution in [0.1, 0.15) is 125 Å². The van der Waals surface area contributed by atoms with E-state index in [0.29, 0.717) is 11.3 Å². The first kappa shape index (κ1) is 27.8. The Morgan fingerprint density at radius 3 is 2.09 bits per heavy atom. The molecule has 0 bridgehead atoms. The van der Waals surface area contributed by atoms with Crippen LogP contribution in [0.4, 0.5) is 0 Å². The maximum atomic E-state index is 7.72. The SMILES string of the molecule is C=C1CCC[C@H]2[C@@]1(C)CC[C@@]1(C)CC/C(=C\C)[C@@]21O[CH2][Sn]([CH2]CCC)([CH2]CCC)[CH2]CCC. The molecular formula is C31H56OSn. The van der Waals surface area contributed by atoms with Gasteiger partial charge in [-0.2, -0.15) is 0 Å². The Labute approximate surface area is 211 Å². The third-order valence-electron chi connectivity index (χ3n) is 10.7. The zero-order chi connectivity index (χ0) is 24.2. The van der Waals surface area contributed by atoms with Gasteiger partial charge in [0.1, 0.15) is 0 Å². The molecule has 0 aliphatic heterocycles. The first-order valence-electron chi connectivity index (χ1n) is 14.8. The van der Waals surface area contributed by atoms with Gasteiger partial charge in [-0.15, -0.1) is 0 Å². The standard InChI is InChI=1S/C19H29O.3C4H9.Sn/c1-6-15-10-11-17(3)12-13-18(4)14(2)8-7-9-16(18)19(15,17)20-5;3*1-3-4-2;/h6,16H,2,5,7-13H2,1,3-4H3;3*1,3-4H2,2H3;/b15-6+;;;;/t16-,17+,18-,19+;;;;/m0..../s1. The predicted molar refractivity (Wildman–Crippen MR) is 149 cm³/mol. The van der Waals surface area contributed by atoms with Gasteiger partial charge in [-0.3, -0.25) is 0 Å². The third-order valence-corrected chi connectivity index (χ3v) is 25.0. The zero-order valence-electron chi connectivity index (χ0n) is 23.3. The van der Waals surface area contributed by atoms with Crippen molar-refractivity contribution in [2.75, 3.05) is 4.62 Å². The van der Waals surface area contributed by atoms with E-state index < -0.39 is 18.4 Å². The van der Waals surface area contributed by atoms with Crippen molar-refractivity contribution in [2.45, 2.75) is 144 Å². The van der Waals surface area contributed by atoms with Gasteiger partial charge in [0.15, 0.2) is 0 Å². The summed E-state index contributed by atoms with van der Waals surface area (Å²) in [5.41, 5.74) is 3.76. The minimum absolute atomic E-state index is 0.0229. The Morgan fingerprint density at radius 2 is 1.55 bits per heavy atom. The summed E-state index contributed by atoms with van der Waals surface area (Å²) in [6, 6.07) is 0. The van der Waals surface area contributed by atoms with Gasteiger partial charge in [-0.05, 0) is 0 Å². The van der Waals surface area contributed by atoms with Crippen molar-refractivity contribution in [3.63, 3.8) is 0 Å². The summed E-state index contributed by atoms with van der Waals surface area (Å²) in [5, 5.41) is 0. The molecule has 0 radical (unpaired) electrons. The van der Waals surface area contributed by atoms with Crippen molar-refractivity contribution in [1.82, 2.24) is 0 Å². The van der Waals surface area contributed by atoms with Crippen molar-refractivity contribution in [1.29, 1.82) is 0 Å². The fourth-order valence-electron chi connectivity index (χ4n) is 8.27. The monoisotopic (exact) mass is 564 g/mol. The minimum atomic E-state index is -2.38. The van der Waals surface area contributed by atoms with Gasteiger partial charge >= 0.3 is 212 Å². The van der Waals surface area contributed by atoms with Crippen molar-refractivity contribution in [2.24, 2.45) is 16.7 Å². The first-order valence-corrected chi connectivity index (χ1v) is 22.8. The summed E-state index contributed by atoms with van der Waals surface area (Å²) in [5.74, 6) is 0.631. The molecule has 190 valence electrons. The van der Waals surface area contributed by atoms with Gasteiger partial charge in [0.25, 0.3) is 0 Å². The topological polar surface area (TPSA) is 9.23 Å². The van der Waals surface area contributed by atoms with Crippen LogP contribution in [0.3, 0.4) is 0 Å². The van der Waals surface area contributed by atoms with Crippen LogP contribution in [0.2, 0.25) is 13.3 Å². The molecule has 0 spiro atoms. The average molecular weight is 563 g/mol. The van der Waals surface area contributed by atoms with Crippen molar-refractivity contribution < 1.29 is 4.74 Å². The number of rotatable bonds is 12. The van der Waals surface area contributed by atoms with Crippen molar-refractivity contribution in [3.05, 3.63) is 23.8 Å². The first-order chi connectivity index (χ1) is 15.8. The fraction of sp³-hybridized carbons (Fsp3) is 0.871. The summed E-state index contributed by atoms with van der Waals surface area (Å²) >= 11 is -2.38. The average Bonchev–Trinajstić information content (AvgIpc) is 3.12. The molecule has 3 rings (SSSR count). The Hall–Kier alpha value is 0.239. The quantitative estimate of drug-likeness (QED) is 0.170. The van der Waals surface area contributed by atoms with Crippen LogP contribution < -0.4 is 0 Å². The second kappa shape index (κ2) is 11.5. The van der Waals surface area contributed by atoms with Crippen molar-refractivity contribution in [3.8, 4) is 0 Å². The van der Waals surface area contributed by atoms with Crippen LogP contribution in [-0.2, 0) is 4.74 Å². The molecule has 0 saturated heterocycles. The Morgan fingerprint density at radius 1 is 0.939 bits per heavy atom. The van der Waals surface area contributed by atoms with Crippen molar-refractivity contribution >= 4 is 18.4 Å². The molecule has 0 aromatic carbocycles. The molecule has 1 nitrogen and oxygen atoms in total. The Balaban J connectivity index is 2.01. The summed E-state index contributed by atoms with van der Waals surface area (Å²) in [6.07, 6.45) is 19.9. The molecule has 3 aliphatic rings. The molecule has 33 heavy (non-hydrogen) atoms. The molecule has 2 heteroatoms. The maximum absolute atomic E-state index is 7.72. The molecule has 0 aromatic rings.